The van der Waals surface area contributed by atoms with Crippen LogP contribution in [0.3, 0.4) is 0 Å². The summed E-state index contributed by atoms with van der Waals surface area (Å²) in [6, 6.07) is 9.49. The molecular formula is C15H12ClN5O. The highest BCUT2D eigenvalue weighted by atomic mass is 35.5. The molecule has 0 saturated carbocycles. The van der Waals surface area contributed by atoms with Crippen molar-refractivity contribution in [3.63, 3.8) is 0 Å². The molecule has 1 aromatic rings. The van der Waals surface area contributed by atoms with Gasteiger partial charge in [0.15, 0.2) is 5.57 Å². The summed E-state index contributed by atoms with van der Waals surface area (Å²) in [5.74, 6) is -0.334. The Morgan fingerprint density at radius 1 is 1.23 bits per heavy atom. The summed E-state index contributed by atoms with van der Waals surface area (Å²) in [7, 11) is 0. The molecule has 7 heteroatoms. The Labute approximate surface area is 133 Å². The van der Waals surface area contributed by atoms with E-state index in [1.54, 1.807) is 24.3 Å². The fraction of sp³-hybridized carbons (Fsp3) is 0.200. The first-order chi connectivity index (χ1) is 10.6. The average Bonchev–Trinajstić information content (AvgIpc) is 2.54. The van der Waals surface area contributed by atoms with Gasteiger partial charge < -0.3 is 10.6 Å². The molecule has 0 saturated heterocycles. The van der Waals surface area contributed by atoms with Crippen LogP contribution in [0.5, 0.6) is 0 Å². The third kappa shape index (κ3) is 4.24. The van der Waals surface area contributed by atoms with Crippen LogP contribution < -0.4 is 10.6 Å². The topological polar surface area (TPSA) is 112 Å². The lowest BCUT2D eigenvalue weighted by Gasteiger charge is -2.09. The number of nitrogens with zero attached hydrogens (tertiary/aromatic N) is 3. The van der Waals surface area contributed by atoms with E-state index in [0.717, 1.165) is 6.42 Å². The van der Waals surface area contributed by atoms with Crippen LogP contribution in [0.25, 0.3) is 0 Å². The van der Waals surface area contributed by atoms with Crippen LogP contribution >= 0.6 is 11.6 Å². The molecule has 0 radical (unpaired) electrons. The van der Waals surface area contributed by atoms with Gasteiger partial charge in [-0.25, -0.2) is 0 Å². The van der Waals surface area contributed by atoms with Crippen LogP contribution in [0.2, 0.25) is 5.02 Å². The molecule has 110 valence electrons. The molecule has 2 N–H and O–H groups in total. The van der Waals surface area contributed by atoms with Crippen molar-refractivity contribution in [3.8, 4) is 18.2 Å². The van der Waals surface area contributed by atoms with Crippen molar-refractivity contribution in [2.45, 2.75) is 13.3 Å². The number of benzene rings is 1. The zero-order chi connectivity index (χ0) is 16.5. The SMILES string of the molecule is CCCNC(=O)c1cc(NC(C#N)=C(C#N)C#N)ccc1Cl. The number of halogens is 1. The third-order valence-corrected chi connectivity index (χ3v) is 2.93. The second-order valence-corrected chi connectivity index (χ2v) is 4.57. The summed E-state index contributed by atoms with van der Waals surface area (Å²) in [5, 5.41) is 32.2. The molecule has 6 nitrogen and oxygen atoms in total. The molecule has 0 bridgehead atoms. The zero-order valence-electron chi connectivity index (χ0n) is 11.8. The normalized spacial score (nSPS) is 8.86. The van der Waals surface area contributed by atoms with Gasteiger partial charge in [0.05, 0.1) is 10.6 Å². The summed E-state index contributed by atoms with van der Waals surface area (Å²) < 4.78 is 0. The lowest BCUT2D eigenvalue weighted by molar-refractivity contribution is 0.0954. The molecule has 1 rings (SSSR count). The second-order valence-electron chi connectivity index (χ2n) is 4.16. The van der Waals surface area contributed by atoms with E-state index < -0.39 is 0 Å². The maximum atomic E-state index is 12.0. The van der Waals surface area contributed by atoms with Crippen molar-refractivity contribution >= 4 is 23.2 Å². The first-order valence-corrected chi connectivity index (χ1v) is 6.74. The molecule has 0 aromatic heterocycles. The van der Waals surface area contributed by atoms with Crippen molar-refractivity contribution < 1.29 is 4.79 Å². The predicted molar refractivity (Wildman–Crippen MR) is 81.6 cm³/mol. The first-order valence-electron chi connectivity index (χ1n) is 6.36. The quantitative estimate of drug-likeness (QED) is 0.811. The van der Waals surface area contributed by atoms with Gasteiger partial charge in [-0.15, -0.1) is 0 Å². The fourth-order valence-corrected chi connectivity index (χ4v) is 1.74. The summed E-state index contributed by atoms with van der Waals surface area (Å²) >= 11 is 5.99. The number of hydrogen-bond donors (Lipinski definition) is 2. The van der Waals surface area contributed by atoms with Gasteiger partial charge in [0.2, 0.25) is 0 Å². The number of nitriles is 3. The molecule has 1 amide bonds. The number of hydrogen-bond acceptors (Lipinski definition) is 5. The second kappa shape index (κ2) is 8.32. The first kappa shape index (κ1) is 17.0. The van der Waals surface area contributed by atoms with E-state index in [1.165, 1.54) is 12.1 Å². The number of carbonyl (C=O) groups is 1. The Bertz CT molecular complexity index is 718. The number of amides is 1. The van der Waals surface area contributed by atoms with Crippen LogP contribution in [-0.2, 0) is 0 Å². The van der Waals surface area contributed by atoms with Crippen LogP contribution in [0.4, 0.5) is 5.69 Å². The summed E-state index contributed by atoms with van der Waals surface area (Å²) in [6.07, 6.45) is 0.788. The van der Waals surface area contributed by atoms with Gasteiger partial charge in [0.1, 0.15) is 23.9 Å². The van der Waals surface area contributed by atoms with Crippen molar-refractivity contribution in [1.29, 1.82) is 15.8 Å². The standard InChI is InChI=1S/C15H12ClN5O/c1-2-5-20-15(22)12-6-11(3-4-13(12)16)21-14(9-19)10(7-17)8-18/h3-4,6,21H,2,5H2,1H3,(H,20,22). The van der Waals surface area contributed by atoms with E-state index in [1.807, 2.05) is 6.92 Å². The zero-order valence-corrected chi connectivity index (χ0v) is 12.5. The lowest BCUT2D eigenvalue weighted by atomic mass is 10.1. The van der Waals surface area contributed by atoms with Crippen LogP contribution in [-0.4, -0.2) is 12.5 Å². The summed E-state index contributed by atoms with van der Waals surface area (Å²) in [6.45, 7) is 2.44. The van der Waals surface area contributed by atoms with Gasteiger partial charge in [-0.1, -0.05) is 18.5 Å². The molecule has 0 unspecified atom stereocenters. The van der Waals surface area contributed by atoms with Crippen molar-refractivity contribution in [1.82, 2.24) is 5.32 Å². The molecular weight excluding hydrogens is 302 g/mol. The average molecular weight is 314 g/mol. The fourth-order valence-electron chi connectivity index (χ4n) is 1.54. The third-order valence-electron chi connectivity index (χ3n) is 2.60. The Hall–Kier alpha value is -3.01. The maximum Gasteiger partial charge on any atom is 0.252 e. The van der Waals surface area contributed by atoms with E-state index in [4.69, 9.17) is 27.4 Å². The van der Waals surface area contributed by atoms with E-state index >= 15 is 0 Å². The van der Waals surface area contributed by atoms with Crippen LogP contribution in [0.1, 0.15) is 23.7 Å². The minimum Gasteiger partial charge on any atom is -0.352 e. The molecule has 0 fully saturated rings. The smallest absolute Gasteiger partial charge is 0.252 e. The van der Waals surface area contributed by atoms with E-state index in [0.29, 0.717) is 12.2 Å². The van der Waals surface area contributed by atoms with Gasteiger partial charge in [-0.05, 0) is 24.6 Å². The summed E-state index contributed by atoms with van der Waals surface area (Å²) in [5.41, 5.74) is 0.0974. The molecule has 0 aliphatic heterocycles. The van der Waals surface area contributed by atoms with Crippen molar-refractivity contribution in [3.05, 3.63) is 40.1 Å². The number of carbonyl (C=O) groups excluding carboxylic acids is 1. The highest BCUT2D eigenvalue weighted by Crippen LogP contribution is 2.22. The molecule has 0 aliphatic rings. The minimum atomic E-state index is -0.338. The van der Waals surface area contributed by atoms with Crippen LogP contribution in [0.15, 0.2) is 29.5 Å². The van der Waals surface area contributed by atoms with Gasteiger partial charge in [-0.2, -0.15) is 15.8 Å². The Balaban J connectivity index is 3.12. The lowest BCUT2D eigenvalue weighted by Crippen LogP contribution is -2.24. The van der Waals surface area contributed by atoms with Crippen molar-refractivity contribution in [2.24, 2.45) is 0 Å². The Morgan fingerprint density at radius 2 is 1.91 bits per heavy atom. The predicted octanol–water partition coefficient (Wildman–Crippen LogP) is 2.72. The molecule has 22 heavy (non-hydrogen) atoms. The molecule has 0 aliphatic carbocycles. The van der Waals surface area contributed by atoms with E-state index in [9.17, 15) is 4.79 Å². The Morgan fingerprint density at radius 3 is 2.45 bits per heavy atom. The number of anilines is 1. The number of allylic oxidation sites excluding steroid dienone is 2. The maximum absolute atomic E-state index is 12.0. The van der Waals surface area contributed by atoms with E-state index in [-0.39, 0.29) is 27.8 Å². The van der Waals surface area contributed by atoms with E-state index in [2.05, 4.69) is 10.6 Å². The van der Waals surface area contributed by atoms with Gasteiger partial charge in [0.25, 0.3) is 5.91 Å². The number of nitrogens with one attached hydrogen (secondary N) is 2. The van der Waals surface area contributed by atoms with Gasteiger partial charge >= 0.3 is 0 Å². The summed E-state index contributed by atoms with van der Waals surface area (Å²) in [4.78, 5) is 12.0. The van der Waals surface area contributed by atoms with Gasteiger partial charge in [0, 0.05) is 12.2 Å². The molecule has 0 spiro atoms. The largest absolute Gasteiger partial charge is 0.352 e. The molecule has 0 atom stereocenters. The highest BCUT2D eigenvalue weighted by Gasteiger charge is 2.12. The monoisotopic (exact) mass is 313 g/mol. The Kier molecular flexibility index (Phi) is 6.44. The number of rotatable bonds is 5. The molecule has 1 aromatic carbocycles. The highest BCUT2D eigenvalue weighted by molar-refractivity contribution is 6.34. The van der Waals surface area contributed by atoms with Crippen LogP contribution in [0, 0.1) is 34.0 Å². The van der Waals surface area contributed by atoms with Gasteiger partial charge in [-0.3, -0.25) is 4.79 Å². The molecule has 0 heterocycles. The van der Waals surface area contributed by atoms with Crippen molar-refractivity contribution in [2.75, 3.05) is 11.9 Å². The minimum absolute atomic E-state index is 0.188.